The number of hydroxylamine groups is 2. The van der Waals surface area contributed by atoms with E-state index in [4.69, 9.17) is 30.6 Å². The normalized spacial score (nSPS) is 23.6. The molecule has 1 fully saturated rings. The number of carboxylic acid groups (broad SMARTS) is 1. The number of rotatable bonds is 13. The van der Waals surface area contributed by atoms with E-state index >= 15 is 0 Å². The molecule has 5 atom stereocenters. The highest BCUT2D eigenvalue weighted by molar-refractivity contribution is 7.80. The SMILES string of the molecule is C[C@@H](N)CC[C@@H]1CNC(c2ccc3c(c2)CC[C@H]([C@](C)(O/N=C(\C(=O)N[C@@H]2C(=O)N(OS(=O)(=O)O)C2(C)C)c2csc(N)n2)C(=O)O)O3)=N1. The molecule has 0 bridgehead atoms. The largest absolute Gasteiger partial charge is 0.485 e. The van der Waals surface area contributed by atoms with Crippen LogP contribution < -0.4 is 26.8 Å². The van der Waals surface area contributed by atoms with Crippen molar-refractivity contribution in [3.63, 3.8) is 0 Å². The van der Waals surface area contributed by atoms with Crippen molar-refractivity contribution in [1.82, 2.24) is 20.7 Å². The number of nitrogen functional groups attached to an aromatic ring is 1. The highest BCUT2D eigenvalue weighted by Gasteiger charge is 2.58. The molecular weight excluding hydrogens is 684 g/mol. The molecule has 0 aliphatic carbocycles. The van der Waals surface area contributed by atoms with Gasteiger partial charge in [0.15, 0.2) is 16.9 Å². The molecule has 0 radical (unpaired) electrons. The molecule has 49 heavy (non-hydrogen) atoms. The maximum atomic E-state index is 13.5. The molecule has 20 heteroatoms. The van der Waals surface area contributed by atoms with E-state index in [9.17, 15) is 27.9 Å². The van der Waals surface area contributed by atoms with Gasteiger partial charge >= 0.3 is 16.4 Å². The molecule has 0 spiro atoms. The number of hydrogen-bond acceptors (Lipinski definition) is 15. The topological polar surface area (TPSA) is 270 Å². The first-order valence-corrected chi connectivity index (χ1v) is 17.5. The Morgan fingerprint density at radius 1 is 1.37 bits per heavy atom. The van der Waals surface area contributed by atoms with E-state index in [2.05, 4.69) is 25.1 Å². The number of benzene rings is 1. The summed E-state index contributed by atoms with van der Waals surface area (Å²) in [5.74, 6) is -2.19. The molecule has 8 N–H and O–H groups in total. The van der Waals surface area contributed by atoms with E-state index in [1.165, 1.54) is 26.2 Å². The van der Waals surface area contributed by atoms with Crippen LogP contribution in [-0.2, 0) is 40.3 Å². The Kier molecular flexibility index (Phi) is 9.90. The zero-order chi connectivity index (χ0) is 35.9. The predicted octanol–water partition coefficient (Wildman–Crippen LogP) is 0.369. The Balaban J connectivity index is 1.33. The molecule has 5 rings (SSSR count). The maximum Gasteiger partial charge on any atom is 0.418 e. The molecule has 0 unspecified atom stereocenters. The van der Waals surface area contributed by atoms with Gasteiger partial charge in [-0.25, -0.2) is 9.78 Å². The van der Waals surface area contributed by atoms with Crippen LogP contribution in [0.25, 0.3) is 0 Å². The van der Waals surface area contributed by atoms with Crippen molar-refractivity contribution >= 4 is 56.2 Å². The zero-order valence-electron chi connectivity index (χ0n) is 27.1. The van der Waals surface area contributed by atoms with E-state index in [-0.39, 0.29) is 29.3 Å². The van der Waals surface area contributed by atoms with E-state index in [1.54, 1.807) is 6.07 Å². The molecule has 4 heterocycles. The summed E-state index contributed by atoms with van der Waals surface area (Å²) in [7, 11) is -5.02. The summed E-state index contributed by atoms with van der Waals surface area (Å²) in [5.41, 5.74) is 9.27. The summed E-state index contributed by atoms with van der Waals surface area (Å²) in [5, 5.41) is 21.8. The number of anilines is 1. The molecule has 3 aliphatic rings. The summed E-state index contributed by atoms with van der Waals surface area (Å²) >= 11 is 0.971. The van der Waals surface area contributed by atoms with Crippen LogP contribution in [0.5, 0.6) is 5.75 Å². The monoisotopic (exact) mass is 722 g/mol. The lowest BCUT2D eigenvalue weighted by molar-refractivity contribution is -0.218. The van der Waals surface area contributed by atoms with Crippen LogP contribution >= 0.6 is 11.3 Å². The summed E-state index contributed by atoms with van der Waals surface area (Å²) < 4.78 is 41.8. The maximum absolute atomic E-state index is 13.5. The Morgan fingerprint density at radius 3 is 2.71 bits per heavy atom. The van der Waals surface area contributed by atoms with Gasteiger partial charge in [0.2, 0.25) is 0 Å². The number of nitrogens with one attached hydrogen (secondary N) is 2. The van der Waals surface area contributed by atoms with E-state index in [0.717, 1.165) is 47.7 Å². The van der Waals surface area contributed by atoms with E-state index in [0.29, 0.717) is 17.2 Å². The number of ether oxygens (including phenoxy) is 1. The predicted molar refractivity (Wildman–Crippen MR) is 176 cm³/mol. The standard InChI is InChI=1S/C29H38N8O10S2/c1-14(30)5-8-17-12-32-23(33-17)16-6-9-19-15(11-16)7-10-20(45-19)29(4,26(40)41)46-36-21(18-13-48-27(31)34-18)24(38)35-22-25(39)37(28(22,2)3)47-49(42,43)44/h6,9,11,13-14,17,20,22H,5,7-8,10,12,30H2,1-4H3,(H2,31,34)(H,32,33)(H,35,38)(H,40,41)(H,42,43,44)/b36-21-/t14-,17-,20-,22-,29+/m1/s1. The number of amides is 2. The number of β-lactam (4-membered cyclic amide) rings is 1. The van der Waals surface area contributed by atoms with Gasteiger partial charge in [-0.15, -0.1) is 15.6 Å². The molecule has 2 amide bonds. The molecule has 266 valence electrons. The summed E-state index contributed by atoms with van der Waals surface area (Å²) in [6, 6.07) is 4.42. The average Bonchev–Trinajstić information content (AvgIpc) is 3.69. The minimum absolute atomic E-state index is 0.0651. The third-order valence-corrected chi connectivity index (χ3v) is 9.53. The number of aryl methyl sites for hydroxylation is 1. The molecule has 2 aromatic rings. The van der Waals surface area contributed by atoms with Crippen molar-refractivity contribution in [2.24, 2.45) is 15.9 Å². The van der Waals surface area contributed by atoms with Gasteiger partial charge in [0, 0.05) is 23.5 Å². The van der Waals surface area contributed by atoms with Crippen LogP contribution in [0.3, 0.4) is 0 Å². The minimum atomic E-state index is -5.02. The van der Waals surface area contributed by atoms with Gasteiger partial charge in [-0.1, -0.05) is 5.16 Å². The van der Waals surface area contributed by atoms with Crippen molar-refractivity contribution in [2.75, 3.05) is 12.3 Å². The number of fused-ring (bicyclic) bond motifs is 1. The zero-order valence-corrected chi connectivity index (χ0v) is 28.7. The quantitative estimate of drug-likeness (QED) is 0.0706. The Labute approximate surface area is 285 Å². The molecular formula is C29H38N8O10S2. The first-order chi connectivity index (χ1) is 22.9. The number of amidine groups is 1. The van der Waals surface area contributed by atoms with Gasteiger partial charge < -0.3 is 36.8 Å². The number of oxime groups is 1. The number of aliphatic imine (C=N–C) groups is 1. The summed E-state index contributed by atoms with van der Waals surface area (Å²) in [6.45, 7) is 6.69. The van der Waals surface area contributed by atoms with E-state index in [1.807, 2.05) is 19.1 Å². The van der Waals surface area contributed by atoms with Gasteiger partial charge in [0.05, 0.1) is 11.6 Å². The molecule has 1 saturated heterocycles. The molecule has 1 aromatic carbocycles. The molecule has 1 aromatic heterocycles. The minimum Gasteiger partial charge on any atom is -0.485 e. The number of carbonyl (C=O) groups excluding carboxylic acids is 2. The van der Waals surface area contributed by atoms with Crippen molar-refractivity contribution in [3.8, 4) is 5.75 Å². The van der Waals surface area contributed by atoms with Crippen molar-refractivity contribution in [2.45, 2.75) is 88.7 Å². The lowest BCUT2D eigenvalue weighted by Crippen LogP contribution is -2.76. The van der Waals surface area contributed by atoms with Gasteiger partial charge in [-0.3, -0.25) is 19.1 Å². The fourth-order valence-electron chi connectivity index (χ4n) is 5.61. The highest BCUT2D eigenvalue weighted by atomic mass is 32.3. The number of nitrogens with zero attached hydrogens (tertiary/aromatic N) is 4. The molecule has 3 aliphatic heterocycles. The second kappa shape index (κ2) is 13.5. The average molecular weight is 723 g/mol. The summed E-state index contributed by atoms with van der Waals surface area (Å²) in [4.78, 5) is 53.2. The smallest absolute Gasteiger partial charge is 0.418 e. The third kappa shape index (κ3) is 7.62. The Bertz CT molecular complexity index is 1810. The number of thiazole rings is 1. The van der Waals surface area contributed by atoms with E-state index < -0.39 is 57.2 Å². The first kappa shape index (κ1) is 35.9. The number of hydrogen-bond donors (Lipinski definition) is 6. The lowest BCUT2D eigenvalue weighted by atomic mass is 9.84. The first-order valence-electron chi connectivity index (χ1n) is 15.3. The number of carbonyl (C=O) groups is 3. The number of carboxylic acids is 1. The molecule has 18 nitrogen and oxygen atoms in total. The summed E-state index contributed by atoms with van der Waals surface area (Å²) in [6.07, 6.45) is 1.38. The van der Waals surface area contributed by atoms with Crippen LogP contribution in [0, 0.1) is 0 Å². The van der Waals surface area contributed by atoms with Gasteiger partial charge in [0.25, 0.3) is 17.4 Å². The van der Waals surface area contributed by atoms with Crippen molar-refractivity contribution in [3.05, 3.63) is 40.4 Å². The van der Waals surface area contributed by atoms with Crippen LogP contribution in [0.4, 0.5) is 5.13 Å². The second-order valence-corrected chi connectivity index (χ2v) is 14.6. The number of aromatic nitrogens is 1. The number of aliphatic carboxylic acids is 1. The van der Waals surface area contributed by atoms with Crippen molar-refractivity contribution in [1.29, 1.82) is 0 Å². The Hall–Kier alpha value is -4.37. The fraction of sp³-hybridized carbons (Fsp3) is 0.517. The van der Waals surface area contributed by atoms with Gasteiger partial charge in [-0.05, 0) is 77.1 Å². The second-order valence-electron chi connectivity index (χ2n) is 12.7. The van der Waals surface area contributed by atoms with Crippen LogP contribution in [0.15, 0.2) is 33.7 Å². The molecule has 0 saturated carbocycles. The Morgan fingerprint density at radius 2 is 2.10 bits per heavy atom. The fourth-order valence-corrected chi connectivity index (χ4v) is 6.61. The van der Waals surface area contributed by atoms with Crippen molar-refractivity contribution < 1.29 is 46.3 Å². The number of nitrogens with two attached hydrogens (primary N) is 2. The van der Waals surface area contributed by atoms with Crippen LogP contribution in [0.2, 0.25) is 0 Å². The third-order valence-electron chi connectivity index (χ3n) is 8.52. The van der Waals surface area contributed by atoms with Crippen LogP contribution in [0.1, 0.15) is 63.8 Å². The van der Waals surface area contributed by atoms with Gasteiger partial charge in [0.1, 0.15) is 23.3 Å². The lowest BCUT2D eigenvalue weighted by Gasteiger charge is -2.50. The highest BCUT2D eigenvalue weighted by Crippen LogP contribution is 2.36. The van der Waals surface area contributed by atoms with Crippen LogP contribution in [-0.4, -0.2) is 99.4 Å². The van der Waals surface area contributed by atoms with Gasteiger partial charge in [-0.2, -0.15) is 13.5 Å².